The smallest absolute Gasteiger partial charge is 0.352 e. The van der Waals surface area contributed by atoms with E-state index in [4.69, 9.17) is 5.73 Å². The van der Waals surface area contributed by atoms with E-state index in [9.17, 15) is 24.7 Å². The van der Waals surface area contributed by atoms with Gasteiger partial charge in [-0.15, -0.1) is 23.1 Å². The Hall–Kier alpha value is -3.98. The van der Waals surface area contributed by atoms with Crippen LogP contribution in [0.4, 0.5) is 5.13 Å². The number of nitrogens with two attached hydrogens (primary N) is 1. The van der Waals surface area contributed by atoms with E-state index in [1.165, 1.54) is 22.0 Å². The summed E-state index contributed by atoms with van der Waals surface area (Å²) >= 11 is 2.40. The molecule has 0 bridgehead atoms. The fraction of sp³-hybridized carbons (Fsp3) is 0.211. The van der Waals surface area contributed by atoms with Crippen LogP contribution < -0.4 is 15.6 Å². The number of fused-ring (bicyclic) bond motifs is 2. The SMILES string of the molecule is Nc1nc(C(=NO)C(=O)NC2C(=O)N3C(C(=O)O)=C(C[n+]4cccc5[nH]cnc54)CS[C@@H]23)cs1. The molecule has 13 nitrogen and oxygen atoms in total. The number of carboxylic acid groups (broad SMARTS) is 1. The summed E-state index contributed by atoms with van der Waals surface area (Å²) in [4.78, 5) is 50.0. The molecule has 0 aromatic carbocycles. The number of imidazole rings is 1. The molecule has 2 atom stereocenters. The largest absolute Gasteiger partial charge is 0.477 e. The van der Waals surface area contributed by atoms with Crippen molar-refractivity contribution in [2.45, 2.75) is 18.0 Å². The van der Waals surface area contributed by atoms with Crippen molar-refractivity contribution in [3.63, 3.8) is 0 Å². The second-order valence-corrected chi connectivity index (χ2v) is 9.41. The highest BCUT2D eigenvalue weighted by Gasteiger charge is 2.54. The van der Waals surface area contributed by atoms with Crippen LogP contribution in [-0.2, 0) is 20.9 Å². The monoisotopic (exact) mass is 501 g/mol. The zero-order valence-corrected chi connectivity index (χ0v) is 18.8. The fourth-order valence-electron chi connectivity index (χ4n) is 3.92. The van der Waals surface area contributed by atoms with Crippen LogP contribution in [0.3, 0.4) is 0 Å². The Morgan fingerprint density at radius 2 is 2.26 bits per heavy atom. The molecule has 1 fully saturated rings. The summed E-state index contributed by atoms with van der Waals surface area (Å²) in [7, 11) is 0. The maximum atomic E-state index is 12.9. The number of hydrogen-bond acceptors (Lipinski definition) is 10. The summed E-state index contributed by atoms with van der Waals surface area (Å²) in [5.74, 6) is -2.29. The molecule has 0 aliphatic carbocycles. The lowest BCUT2D eigenvalue weighted by atomic mass is 10.0. The molecule has 174 valence electrons. The number of H-pyrrole nitrogens is 1. The number of nitrogen functional groups attached to an aromatic ring is 1. The quantitative estimate of drug-likeness (QED) is 0.0974. The molecular formula is C19H17N8O5S2+. The first-order chi connectivity index (χ1) is 16.4. The number of β-lactam (4-membered cyclic amide) rings is 1. The van der Waals surface area contributed by atoms with Crippen LogP contribution in [0.1, 0.15) is 5.69 Å². The molecule has 0 saturated carbocycles. The van der Waals surface area contributed by atoms with Crippen LogP contribution in [0.2, 0.25) is 0 Å². The van der Waals surface area contributed by atoms with Crippen molar-refractivity contribution in [3.8, 4) is 0 Å². The molecule has 3 aromatic heterocycles. The lowest BCUT2D eigenvalue weighted by molar-refractivity contribution is -0.664. The number of nitrogens with one attached hydrogen (secondary N) is 2. The number of carbonyl (C=O) groups is 3. The van der Waals surface area contributed by atoms with Gasteiger partial charge in [0.1, 0.15) is 34.9 Å². The maximum Gasteiger partial charge on any atom is 0.352 e. The third kappa shape index (κ3) is 3.54. The minimum absolute atomic E-state index is 0.0698. The summed E-state index contributed by atoms with van der Waals surface area (Å²) in [5, 5.41) is 25.7. The van der Waals surface area contributed by atoms with Gasteiger partial charge in [-0.1, -0.05) is 5.16 Å². The zero-order chi connectivity index (χ0) is 24.0. The first-order valence-electron chi connectivity index (χ1n) is 9.85. The van der Waals surface area contributed by atoms with Gasteiger partial charge in [-0.3, -0.25) is 14.5 Å². The van der Waals surface area contributed by atoms with Gasteiger partial charge in [-0.2, -0.15) is 0 Å². The van der Waals surface area contributed by atoms with E-state index in [0.717, 1.165) is 16.9 Å². The number of thioether (sulfide) groups is 1. The number of aliphatic carboxylic acids is 1. The van der Waals surface area contributed by atoms with Crippen molar-refractivity contribution >= 4 is 62.9 Å². The van der Waals surface area contributed by atoms with Gasteiger partial charge < -0.3 is 26.3 Å². The number of pyridine rings is 1. The molecule has 2 aliphatic rings. The number of oxime groups is 1. The van der Waals surface area contributed by atoms with Crippen LogP contribution in [0.5, 0.6) is 0 Å². The zero-order valence-electron chi connectivity index (χ0n) is 17.2. The average molecular weight is 502 g/mol. The Balaban J connectivity index is 1.37. The Morgan fingerprint density at radius 1 is 1.44 bits per heavy atom. The summed E-state index contributed by atoms with van der Waals surface area (Å²) in [6.07, 6.45) is 3.34. The van der Waals surface area contributed by atoms with E-state index in [0.29, 0.717) is 17.0 Å². The topological polar surface area (TPSA) is 191 Å². The predicted molar refractivity (Wildman–Crippen MR) is 121 cm³/mol. The van der Waals surface area contributed by atoms with Gasteiger partial charge in [-0.05, 0) is 17.1 Å². The van der Waals surface area contributed by atoms with Crippen LogP contribution in [0.25, 0.3) is 11.2 Å². The van der Waals surface area contributed by atoms with E-state index in [1.54, 1.807) is 17.1 Å². The number of nitrogens with zero attached hydrogens (tertiary/aromatic N) is 5. The maximum absolute atomic E-state index is 12.9. The van der Waals surface area contributed by atoms with Crippen LogP contribution >= 0.6 is 23.1 Å². The van der Waals surface area contributed by atoms with Crippen molar-refractivity contribution in [1.29, 1.82) is 0 Å². The Morgan fingerprint density at radius 3 is 2.97 bits per heavy atom. The van der Waals surface area contributed by atoms with Gasteiger partial charge in [0, 0.05) is 16.7 Å². The van der Waals surface area contributed by atoms with Gasteiger partial charge in [-0.25, -0.2) is 14.3 Å². The number of thiazole rings is 1. The lowest BCUT2D eigenvalue weighted by Crippen LogP contribution is -2.71. The minimum atomic E-state index is -1.23. The average Bonchev–Trinajstić information content (AvgIpc) is 3.47. The van der Waals surface area contributed by atoms with Crippen molar-refractivity contribution in [2.75, 3.05) is 11.5 Å². The third-order valence-electron chi connectivity index (χ3n) is 5.43. The molecule has 2 amide bonds. The second-order valence-electron chi connectivity index (χ2n) is 7.41. The number of carboxylic acids is 1. The number of rotatable bonds is 6. The van der Waals surface area contributed by atoms with Crippen molar-refractivity contribution in [3.05, 3.63) is 47.0 Å². The predicted octanol–water partition coefficient (Wildman–Crippen LogP) is -0.494. The molecule has 5 rings (SSSR count). The second kappa shape index (κ2) is 8.42. The molecule has 6 N–H and O–H groups in total. The minimum Gasteiger partial charge on any atom is -0.477 e. The Labute approximate surface area is 199 Å². The third-order valence-corrected chi connectivity index (χ3v) is 7.44. The van der Waals surface area contributed by atoms with Crippen molar-refractivity contribution < 1.29 is 29.3 Å². The van der Waals surface area contributed by atoms with Crippen LogP contribution in [0.15, 0.2) is 46.5 Å². The standard InChI is InChI=1S/C19H16N8O5S2/c20-19-23-10(6-34-19)11(25-32)15(28)24-12-16(29)27-13(18(30)31)8(5-33-17(12)27)4-26-3-1-2-9-14(26)22-7-21-9/h1-3,6-7,12,17H,4-5H2,(H5,20,23,24,28,30,31,32)/p+1/t12?,17-/m0/s1. The summed E-state index contributed by atoms with van der Waals surface area (Å²) in [6, 6.07) is 2.69. The molecule has 1 saturated heterocycles. The van der Waals surface area contributed by atoms with E-state index in [1.807, 2.05) is 12.1 Å². The molecule has 0 radical (unpaired) electrons. The molecule has 0 spiro atoms. The molecule has 3 aromatic rings. The number of amides is 2. The molecule has 5 heterocycles. The van der Waals surface area contributed by atoms with Crippen molar-refractivity contribution in [1.82, 2.24) is 25.2 Å². The van der Waals surface area contributed by atoms with E-state index in [-0.39, 0.29) is 23.1 Å². The van der Waals surface area contributed by atoms with Crippen LogP contribution in [-0.4, -0.2) is 70.8 Å². The molecule has 34 heavy (non-hydrogen) atoms. The molecular weight excluding hydrogens is 484 g/mol. The number of aromatic nitrogens is 4. The van der Waals surface area contributed by atoms with Crippen LogP contribution in [0, 0.1) is 0 Å². The highest BCUT2D eigenvalue weighted by Crippen LogP contribution is 2.40. The van der Waals surface area contributed by atoms with Gasteiger partial charge in [0.15, 0.2) is 10.8 Å². The van der Waals surface area contributed by atoms with Gasteiger partial charge >= 0.3 is 11.6 Å². The molecule has 15 heteroatoms. The number of anilines is 1. The van der Waals surface area contributed by atoms with E-state index < -0.39 is 34.9 Å². The number of carbonyl (C=O) groups excluding carboxylic acids is 2. The molecule has 1 unspecified atom stereocenters. The summed E-state index contributed by atoms with van der Waals surface area (Å²) < 4.78 is 1.80. The highest BCUT2D eigenvalue weighted by molar-refractivity contribution is 8.00. The molecule has 2 aliphatic heterocycles. The van der Waals surface area contributed by atoms with Gasteiger partial charge in [0.2, 0.25) is 6.33 Å². The first kappa shape index (κ1) is 21.8. The van der Waals surface area contributed by atoms with E-state index in [2.05, 4.69) is 25.4 Å². The van der Waals surface area contributed by atoms with Gasteiger partial charge in [0.25, 0.3) is 11.8 Å². The highest BCUT2D eigenvalue weighted by atomic mass is 32.2. The lowest BCUT2D eigenvalue weighted by Gasteiger charge is -2.49. The van der Waals surface area contributed by atoms with E-state index >= 15 is 0 Å². The first-order valence-corrected chi connectivity index (χ1v) is 11.8. The number of aromatic amines is 1. The van der Waals surface area contributed by atoms with Gasteiger partial charge in [0.05, 0.1) is 6.20 Å². The fourth-order valence-corrected chi connectivity index (χ4v) is 5.80. The summed E-state index contributed by atoms with van der Waals surface area (Å²) in [5.41, 5.74) is 7.13. The Bertz CT molecular complexity index is 1400. The van der Waals surface area contributed by atoms with Crippen molar-refractivity contribution in [2.24, 2.45) is 5.16 Å². The Kier molecular flexibility index (Phi) is 5.41. The number of hydrogen-bond donors (Lipinski definition) is 5. The normalized spacial score (nSPS) is 20.3. The summed E-state index contributed by atoms with van der Waals surface area (Å²) in [6.45, 7) is 0.233.